The summed E-state index contributed by atoms with van der Waals surface area (Å²) in [7, 11) is 0. The van der Waals surface area contributed by atoms with E-state index in [4.69, 9.17) is 11.6 Å². The summed E-state index contributed by atoms with van der Waals surface area (Å²) in [4.78, 5) is 2.45. The summed E-state index contributed by atoms with van der Waals surface area (Å²) in [6, 6.07) is 7.88. The monoisotopic (exact) mass is 280 g/mol. The predicted molar refractivity (Wildman–Crippen MR) is 85.8 cm³/mol. The van der Waals surface area contributed by atoms with Crippen molar-refractivity contribution >= 4 is 17.7 Å². The van der Waals surface area contributed by atoms with Crippen LogP contribution in [0.3, 0.4) is 0 Å². The molecule has 0 aliphatic heterocycles. The first kappa shape index (κ1) is 16.2. The number of hydrogen-bond donors (Lipinski definition) is 1. The van der Waals surface area contributed by atoms with Crippen molar-refractivity contribution in [3.05, 3.63) is 40.9 Å². The van der Waals surface area contributed by atoms with Crippen molar-refractivity contribution in [1.82, 2.24) is 10.2 Å². The first-order valence-electron chi connectivity index (χ1n) is 7.11. The Morgan fingerprint density at radius 1 is 1.16 bits per heavy atom. The van der Waals surface area contributed by atoms with E-state index in [0.29, 0.717) is 0 Å². The standard InChI is InChI=1S/C16H25ClN2/c1-3-19(4-2)14-6-13-18-12-5-7-15-8-10-16(17)11-9-15/h5,7-11,18H,3-4,6,12-14H2,1-2H3/b7-5+. The number of nitrogens with zero attached hydrogens (tertiary/aromatic N) is 1. The molecule has 1 aromatic carbocycles. The number of nitrogens with one attached hydrogen (secondary N) is 1. The fourth-order valence-corrected chi connectivity index (χ4v) is 2.05. The Morgan fingerprint density at radius 3 is 2.47 bits per heavy atom. The zero-order chi connectivity index (χ0) is 13.9. The third kappa shape index (κ3) is 7.36. The number of hydrogen-bond acceptors (Lipinski definition) is 2. The summed E-state index contributed by atoms with van der Waals surface area (Å²) in [6.07, 6.45) is 5.48. The maximum atomic E-state index is 5.84. The van der Waals surface area contributed by atoms with E-state index in [-0.39, 0.29) is 0 Å². The van der Waals surface area contributed by atoms with Gasteiger partial charge >= 0.3 is 0 Å². The van der Waals surface area contributed by atoms with Crippen LogP contribution in [0.1, 0.15) is 25.8 Å². The van der Waals surface area contributed by atoms with Crippen LogP contribution in [0, 0.1) is 0 Å². The van der Waals surface area contributed by atoms with Crippen molar-refractivity contribution in [2.45, 2.75) is 20.3 Å². The van der Waals surface area contributed by atoms with Crippen molar-refractivity contribution in [1.29, 1.82) is 0 Å². The van der Waals surface area contributed by atoms with Crippen LogP contribution in [0.25, 0.3) is 6.08 Å². The van der Waals surface area contributed by atoms with Gasteiger partial charge in [0, 0.05) is 11.6 Å². The molecule has 0 bridgehead atoms. The molecular formula is C16H25ClN2. The molecule has 0 atom stereocenters. The Morgan fingerprint density at radius 2 is 1.84 bits per heavy atom. The smallest absolute Gasteiger partial charge is 0.0406 e. The summed E-state index contributed by atoms with van der Waals surface area (Å²) in [5.41, 5.74) is 1.19. The van der Waals surface area contributed by atoms with Gasteiger partial charge in [-0.3, -0.25) is 0 Å². The van der Waals surface area contributed by atoms with E-state index in [2.05, 4.69) is 36.2 Å². The molecule has 3 heteroatoms. The summed E-state index contributed by atoms with van der Waals surface area (Å²) >= 11 is 5.84. The van der Waals surface area contributed by atoms with Gasteiger partial charge in [0.25, 0.3) is 0 Å². The van der Waals surface area contributed by atoms with Crippen LogP contribution in [0.4, 0.5) is 0 Å². The zero-order valence-corrected chi connectivity index (χ0v) is 12.8. The average Bonchev–Trinajstić information content (AvgIpc) is 2.44. The minimum absolute atomic E-state index is 0.784. The lowest BCUT2D eigenvalue weighted by Crippen LogP contribution is -2.27. The molecule has 1 N–H and O–H groups in total. The molecule has 0 spiro atoms. The van der Waals surface area contributed by atoms with E-state index in [1.807, 2.05) is 24.3 Å². The molecule has 106 valence electrons. The fraction of sp³-hybridized carbons (Fsp3) is 0.500. The molecule has 0 aliphatic rings. The second kappa shape index (κ2) is 10.0. The van der Waals surface area contributed by atoms with E-state index < -0.39 is 0 Å². The van der Waals surface area contributed by atoms with Gasteiger partial charge in [-0.05, 0) is 50.3 Å². The zero-order valence-electron chi connectivity index (χ0n) is 12.0. The minimum atomic E-state index is 0.784. The van der Waals surface area contributed by atoms with Crippen molar-refractivity contribution in [3.63, 3.8) is 0 Å². The van der Waals surface area contributed by atoms with Gasteiger partial charge in [0.1, 0.15) is 0 Å². The van der Waals surface area contributed by atoms with Gasteiger partial charge in [0.15, 0.2) is 0 Å². The molecule has 1 aromatic rings. The van der Waals surface area contributed by atoms with E-state index in [0.717, 1.165) is 31.2 Å². The van der Waals surface area contributed by atoms with Gasteiger partial charge in [-0.1, -0.05) is 49.7 Å². The van der Waals surface area contributed by atoms with Gasteiger partial charge in [-0.25, -0.2) is 0 Å². The number of halogens is 1. The SMILES string of the molecule is CCN(CC)CCCNC/C=C/c1ccc(Cl)cc1. The van der Waals surface area contributed by atoms with E-state index in [9.17, 15) is 0 Å². The van der Waals surface area contributed by atoms with Gasteiger partial charge < -0.3 is 10.2 Å². The maximum absolute atomic E-state index is 5.84. The fourth-order valence-electron chi connectivity index (χ4n) is 1.92. The van der Waals surface area contributed by atoms with Crippen molar-refractivity contribution < 1.29 is 0 Å². The molecule has 0 saturated heterocycles. The second-order valence-corrected chi connectivity index (χ2v) is 4.97. The Kier molecular flexibility index (Phi) is 8.55. The largest absolute Gasteiger partial charge is 0.313 e. The Labute approximate surface area is 122 Å². The van der Waals surface area contributed by atoms with Crippen LogP contribution in [-0.4, -0.2) is 37.6 Å². The first-order chi connectivity index (χ1) is 9.26. The lowest BCUT2D eigenvalue weighted by atomic mass is 10.2. The van der Waals surface area contributed by atoms with Crippen LogP contribution in [0.2, 0.25) is 5.02 Å². The van der Waals surface area contributed by atoms with Crippen LogP contribution < -0.4 is 5.32 Å². The Balaban J connectivity index is 2.09. The van der Waals surface area contributed by atoms with E-state index in [1.165, 1.54) is 18.5 Å². The van der Waals surface area contributed by atoms with Crippen LogP contribution >= 0.6 is 11.6 Å². The first-order valence-corrected chi connectivity index (χ1v) is 7.49. The van der Waals surface area contributed by atoms with Crippen molar-refractivity contribution in [2.24, 2.45) is 0 Å². The lowest BCUT2D eigenvalue weighted by Gasteiger charge is -2.17. The van der Waals surface area contributed by atoms with Gasteiger partial charge in [0.2, 0.25) is 0 Å². The number of benzene rings is 1. The lowest BCUT2D eigenvalue weighted by molar-refractivity contribution is 0.298. The summed E-state index contributed by atoms with van der Waals surface area (Å²) < 4.78 is 0. The highest BCUT2D eigenvalue weighted by atomic mass is 35.5. The molecule has 19 heavy (non-hydrogen) atoms. The molecular weight excluding hydrogens is 256 g/mol. The third-order valence-electron chi connectivity index (χ3n) is 3.16. The Hall–Kier alpha value is -0.830. The molecule has 2 nitrogen and oxygen atoms in total. The van der Waals surface area contributed by atoms with Crippen LogP contribution in [0.15, 0.2) is 30.3 Å². The highest BCUT2D eigenvalue weighted by Crippen LogP contribution is 2.10. The Bertz CT molecular complexity index is 356. The normalized spacial score (nSPS) is 11.6. The topological polar surface area (TPSA) is 15.3 Å². The highest BCUT2D eigenvalue weighted by molar-refractivity contribution is 6.30. The maximum Gasteiger partial charge on any atom is 0.0406 e. The predicted octanol–water partition coefficient (Wildman–Crippen LogP) is 3.67. The quantitative estimate of drug-likeness (QED) is 0.694. The average molecular weight is 281 g/mol. The molecule has 0 fully saturated rings. The molecule has 0 amide bonds. The summed E-state index contributed by atoms with van der Waals surface area (Å²) in [5, 5.41) is 4.21. The van der Waals surface area contributed by atoms with Gasteiger partial charge in [-0.15, -0.1) is 0 Å². The second-order valence-electron chi connectivity index (χ2n) is 4.54. The highest BCUT2D eigenvalue weighted by Gasteiger charge is 1.96. The van der Waals surface area contributed by atoms with E-state index in [1.54, 1.807) is 0 Å². The van der Waals surface area contributed by atoms with Gasteiger partial charge in [0.05, 0.1) is 0 Å². The molecule has 1 rings (SSSR count). The molecule has 0 unspecified atom stereocenters. The van der Waals surface area contributed by atoms with E-state index >= 15 is 0 Å². The van der Waals surface area contributed by atoms with Crippen LogP contribution in [0.5, 0.6) is 0 Å². The van der Waals surface area contributed by atoms with Crippen LogP contribution in [-0.2, 0) is 0 Å². The minimum Gasteiger partial charge on any atom is -0.313 e. The molecule has 0 radical (unpaired) electrons. The third-order valence-corrected chi connectivity index (χ3v) is 3.42. The summed E-state index contributed by atoms with van der Waals surface area (Å²) in [6.45, 7) is 9.89. The van der Waals surface area contributed by atoms with Crippen molar-refractivity contribution in [2.75, 3.05) is 32.7 Å². The molecule has 0 aromatic heterocycles. The molecule has 0 heterocycles. The molecule has 0 aliphatic carbocycles. The number of rotatable bonds is 9. The summed E-state index contributed by atoms with van der Waals surface area (Å²) in [5.74, 6) is 0. The molecule has 0 saturated carbocycles. The van der Waals surface area contributed by atoms with Gasteiger partial charge in [-0.2, -0.15) is 0 Å². The van der Waals surface area contributed by atoms with Crippen molar-refractivity contribution in [3.8, 4) is 0 Å².